The van der Waals surface area contributed by atoms with Crippen LogP contribution in [0.15, 0.2) is 77.9 Å². The number of rotatable bonds is 11. The van der Waals surface area contributed by atoms with E-state index in [4.69, 9.17) is 18.9 Å². The van der Waals surface area contributed by atoms with E-state index in [-0.39, 0.29) is 28.9 Å². The lowest BCUT2D eigenvalue weighted by atomic mass is 10.1. The molecule has 7 rings (SSSR count). The van der Waals surface area contributed by atoms with Gasteiger partial charge in [-0.15, -0.1) is 0 Å². The van der Waals surface area contributed by atoms with Crippen LogP contribution in [0.2, 0.25) is 0 Å². The van der Waals surface area contributed by atoms with E-state index in [9.17, 15) is 19.1 Å². The van der Waals surface area contributed by atoms with Gasteiger partial charge in [-0.05, 0) is 55.0 Å². The molecule has 2 N–H and O–H groups in total. The van der Waals surface area contributed by atoms with Gasteiger partial charge >= 0.3 is 0 Å². The monoisotopic (exact) mass is 670 g/mol. The molecule has 2 aromatic heterocycles. The molecule has 0 unspecified atom stereocenters. The molecule has 13 heteroatoms. The lowest BCUT2D eigenvalue weighted by Gasteiger charge is -2.35. The summed E-state index contributed by atoms with van der Waals surface area (Å²) in [6.45, 7) is 2.91. The minimum absolute atomic E-state index is 0.0894. The molecule has 2 aliphatic rings. The number of fused-ring (bicyclic) bond motifs is 2. The van der Waals surface area contributed by atoms with Crippen molar-refractivity contribution in [2.24, 2.45) is 0 Å². The molecule has 0 aliphatic carbocycles. The van der Waals surface area contributed by atoms with Crippen molar-refractivity contribution in [1.82, 2.24) is 14.5 Å². The molecule has 4 heterocycles. The summed E-state index contributed by atoms with van der Waals surface area (Å²) < 4.78 is 53.3. The van der Waals surface area contributed by atoms with Crippen LogP contribution in [0.25, 0.3) is 16.6 Å². The van der Waals surface area contributed by atoms with Gasteiger partial charge in [-0.1, -0.05) is 0 Å². The number of pyridine rings is 2. The van der Waals surface area contributed by atoms with Gasteiger partial charge < -0.3 is 29.4 Å². The molecule has 0 atom stereocenters. The second kappa shape index (κ2) is 13.5. The molecule has 2 aliphatic heterocycles. The van der Waals surface area contributed by atoms with Crippen molar-refractivity contribution in [1.29, 1.82) is 0 Å². The number of aliphatic hydroxyl groups excluding tert-OH is 1. The van der Waals surface area contributed by atoms with Crippen molar-refractivity contribution in [3.63, 3.8) is 0 Å². The number of aromatic nitrogens is 2. The molecule has 0 bridgehead atoms. The van der Waals surface area contributed by atoms with Crippen LogP contribution < -0.4 is 29.8 Å². The molecule has 1 amide bonds. The van der Waals surface area contributed by atoms with E-state index in [1.54, 1.807) is 24.4 Å². The molecule has 0 radical (unpaired) electrons. The highest BCUT2D eigenvalue weighted by molar-refractivity contribution is 6.06. The summed E-state index contributed by atoms with van der Waals surface area (Å²) in [7, 11) is 1.52. The van der Waals surface area contributed by atoms with Crippen molar-refractivity contribution < 1.29 is 37.6 Å². The lowest BCUT2D eigenvalue weighted by Crippen LogP contribution is -2.50. The third-order valence-electron chi connectivity index (χ3n) is 8.40. The predicted molar refractivity (Wildman–Crippen MR) is 176 cm³/mol. The minimum Gasteiger partial charge on any atom is -0.493 e. The molecule has 49 heavy (non-hydrogen) atoms. The van der Waals surface area contributed by atoms with Crippen molar-refractivity contribution in [2.75, 3.05) is 45.3 Å². The molecule has 5 aromatic rings. The van der Waals surface area contributed by atoms with E-state index in [0.29, 0.717) is 72.1 Å². The zero-order valence-corrected chi connectivity index (χ0v) is 26.4. The van der Waals surface area contributed by atoms with Gasteiger partial charge in [0.15, 0.2) is 23.1 Å². The highest BCUT2D eigenvalue weighted by Crippen LogP contribution is 2.38. The minimum atomic E-state index is -0.780. The highest BCUT2D eigenvalue weighted by Gasteiger charge is 2.27. The maximum atomic E-state index is 15.4. The summed E-state index contributed by atoms with van der Waals surface area (Å²) >= 11 is 0. The second-order valence-corrected chi connectivity index (χ2v) is 11.8. The average molecular weight is 671 g/mol. The van der Waals surface area contributed by atoms with Gasteiger partial charge in [-0.3, -0.25) is 24.0 Å². The third kappa shape index (κ3) is 6.62. The number of anilines is 1. The smallest absolute Gasteiger partial charge is 0.271 e. The Kier molecular flexibility index (Phi) is 8.85. The quantitative estimate of drug-likeness (QED) is 0.185. The summed E-state index contributed by atoms with van der Waals surface area (Å²) in [5.74, 6) is -0.658. The van der Waals surface area contributed by atoms with Crippen molar-refractivity contribution in [2.45, 2.75) is 18.9 Å². The topological polar surface area (TPSA) is 124 Å². The molecule has 0 saturated carbocycles. The van der Waals surface area contributed by atoms with Crippen LogP contribution in [0.3, 0.4) is 0 Å². The largest absolute Gasteiger partial charge is 0.493 e. The predicted octanol–water partition coefficient (Wildman–Crippen LogP) is 5.10. The maximum absolute atomic E-state index is 15.4. The molecule has 3 aromatic carbocycles. The summed E-state index contributed by atoms with van der Waals surface area (Å²) in [6, 6.07) is 14.3. The van der Waals surface area contributed by atoms with E-state index in [2.05, 4.69) is 15.2 Å². The fourth-order valence-electron chi connectivity index (χ4n) is 5.91. The number of ether oxygens (including phenoxy) is 4. The van der Waals surface area contributed by atoms with Crippen LogP contribution in [0.5, 0.6) is 28.7 Å². The Balaban J connectivity index is 1.08. The average Bonchev–Trinajstić information content (AvgIpc) is 3.55. The van der Waals surface area contributed by atoms with Gasteiger partial charge in [0.25, 0.3) is 11.5 Å². The van der Waals surface area contributed by atoms with E-state index < -0.39 is 23.1 Å². The number of carbonyl (C=O) groups excluding carboxylic acids is 1. The molecule has 1 saturated heterocycles. The Morgan fingerprint density at radius 3 is 2.61 bits per heavy atom. The van der Waals surface area contributed by atoms with E-state index in [1.807, 2.05) is 0 Å². The molecular formula is C36H32F2N4O7. The zero-order chi connectivity index (χ0) is 34.1. The van der Waals surface area contributed by atoms with E-state index in [1.165, 1.54) is 54.3 Å². The number of β-amino-alcohol motifs (C(OH)–C–C–N with tert-alkyl or cyclic N) is 1. The first-order chi connectivity index (χ1) is 23.8. The fraction of sp³-hybridized carbons (Fsp3) is 0.250. The van der Waals surface area contributed by atoms with Crippen molar-refractivity contribution >= 4 is 22.5 Å². The lowest BCUT2D eigenvalue weighted by molar-refractivity contribution is 0.0000170. The van der Waals surface area contributed by atoms with Crippen LogP contribution in [0, 0.1) is 11.6 Å². The van der Waals surface area contributed by atoms with Crippen molar-refractivity contribution in [3.8, 4) is 34.4 Å². The number of halogens is 2. The number of methoxy groups -OCH3 is 1. The first-order valence-corrected chi connectivity index (χ1v) is 15.7. The van der Waals surface area contributed by atoms with Gasteiger partial charge in [-0.2, -0.15) is 0 Å². The highest BCUT2D eigenvalue weighted by atomic mass is 19.1. The summed E-state index contributed by atoms with van der Waals surface area (Å²) in [5.41, 5.74) is 0.765. The number of aliphatic hydroxyl groups is 1. The summed E-state index contributed by atoms with van der Waals surface area (Å²) in [4.78, 5) is 33.5. The molecule has 0 spiro atoms. The van der Waals surface area contributed by atoms with Gasteiger partial charge in [0, 0.05) is 72.9 Å². The van der Waals surface area contributed by atoms with Crippen LogP contribution in [-0.2, 0) is 6.42 Å². The summed E-state index contributed by atoms with van der Waals surface area (Å²) in [6.07, 6.45) is 4.12. The normalized spacial score (nSPS) is 14.2. The number of carbonyl (C=O) groups is 1. The first kappa shape index (κ1) is 32.0. The number of likely N-dealkylation sites (tertiary alicyclic amines) is 1. The van der Waals surface area contributed by atoms with Crippen molar-refractivity contribution in [3.05, 3.63) is 106 Å². The maximum Gasteiger partial charge on any atom is 0.271 e. The SMILES string of the molecule is COc1cc2c(Oc3ccc(NC(=O)c4c5c(cn(-c6ccc(F)cc6)c4=O)CCO5)cc3F)ccnc2cc1OCCCN1CC(O)C1. The number of hydrogen-bond donors (Lipinski definition) is 2. The Hall–Kier alpha value is -5.53. The van der Waals surface area contributed by atoms with Gasteiger partial charge in [0.2, 0.25) is 0 Å². The second-order valence-electron chi connectivity index (χ2n) is 11.8. The van der Waals surface area contributed by atoms with Gasteiger partial charge in [0.05, 0.1) is 31.9 Å². The third-order valence-corrected chi connectivity index (χ3v) is 8.40. The Morgan fingerprint density at radius 2 is 1.86 bits per heavy atom. The number of benzene rings is 3. The Morgan fingerprint density at radius 1 is 1.04 bits per heavy atom. The Bertz CT molecular complexity index is 2100. The molecule has 11 nitrogen and oxygen atoms in total. The van der Waals surface area contributed by atoms with Gasteiger partial charge in [-0.25, -0.2) is 8.78 Å². The number of nitrogens with zero attached hydrogens (tertiary/aromatic N) is 3. The number of hydrogen-bond acceptors (Lipinski definition) is 9. The molecular weight excluding hydrogens is 638 g/mol. The van der Waals surface area contributed by atoms with Crippen LogP contribution in [0.4, 0.5) is 14.5 Å². The van der Waals surface area contributed by atoms with E-state index in [0.717, 1.165) is 19.0 Å². The van der Waals surface area contributed by atoms with E-state index >= 15 is 4.39 Å². The standard InChI is InChI=1S/C36H32F2N4O7/c1-46-31-16-26-28(17-32(31)47-13-2-12-41-19-25(43)20-41)39-11-9-29(26)49-30-8-5-23(15-27(30)38)40-35(44)33-34-21(10-14-48-34)18-42(36(33)45)24-6-3-22(37)4-7-24/h3-9,11,15-18,25,43H,2,10,12-14,19-20H2,1H3,(H,40,44). The molecule has 1 fully saturated rings. The number of amides is 1. The molecule has 252 valence electrons. The van der Waals surface area contributed by atoms with Gasteiger partial charge in [0.1, 0.15) is 22.9 Å². The van der Waals surface area contributed by atoms with Crippen LogP contribution >= 0.6 is 0 Å². The zero-order valence-electron chi connectivity index (χ0n) is 26.4. The summed E-state index contributed by atoms with van der Waals surface area (Å²) in [5, 5.41) is 12.6. The first-order valence-electron chi connectivity index (χ1n) is 15.7. The van der Waals surface area contributed by atoms with Crippen LogP contribution in [-0.4, -0.2) is 71.5 Å². The van der Waals surface area contributed by atoms with Crippen LogP contribution in [0.1, 0.15) is 22.3 Å². The number of nitrogens with one attached hydrogen (secondary N) is 1. The Labute approximate surface area is 279 Å². The fourth-order valence-corrected chi connectivity index (χ4v) is 5.91.